The summed E-state index contributed by atoms with van der Waals surface area (Å²) in [7, 11) is 0. The zero-order valence-corrected chi connectivity index (χ0v) is 27.8. The van der Waals surface area contributed by atoms with Crippen LogP contribution in [0.4, 0.5) is 10.1 Å². The molecule has 3 aromatic rings. The van der Waals surface area contributed by atoms with E-state index in [-0.39, 0.29) is 11.2 Å². The molecule has 8 heteroatoms. The van der Waals surface area contributed by atoms with Crippen LogP contribution in [0.25, 0.3) is 11.1 Å². The molecule has 2 aromatic carbocycles. The zero-order valence-electron chi connectivity index (χ0n) is 27.1. The minimum absolute atomic E-state index is 0.231. The number of aryl methyl sites for hydroxylation is 2. The van der Waals surface area contributed by atoms with E-state index in [1.54, 1.807) is 12.1 Å². The highest BCUT2D eigenvalue weighted by molar-refractivity contribution is 6.30. The first-order valence-corrected chi connectivity index (χ1v) is 15.9. The van der Waals surface area contributed by atoms with Crippen LogP contribution in [-0.2, 0) is 29.0 Å². The fraction of sp³-hybridized carbons (Fsp3) is 0.500. The number of nitrogens with zero attached hydrogens (tertiary/aromatic N) is 3. The number of ether oxygens (including phenoxy) is 1. The molecule has 1 atom stereocenters. The molecule has 0 bridgehead atoms. The van der Waals surface area contributed by atoms with Gasteiger partial charge in [-0.05, 0) is 88.1 Å². The molecule has 2 aliphatic rings. The summed E-state index contributed by atoms with van der Waals surface area (Å²) in [5, 5.41) is 10.9. The Kier molecular flexibility index (Phi) is 9.14. The van der Waals surface area contributed by atoms with Gasteiger partial charge in [0.1, 0.15) is 5.82 Å². The summed E-state index contributed by atoms with van der Waals surface area (Å²) >= 11 is 5.96. The van der Waals surface area contributed by atoms with Crippen molar-refractivity contribution < 1.29 is 19.0 Å². The van der Waals surface area contributed by atoms with E-state index >= 15 is 0 Å². The number of anilines is 1. The van der Waals surface area contributed by atoms with Crippen LogP contribution in [0.2, 0.25) is 5.02 Å². The second-order valence-corrected chi connectivity index (χ2v) is 14.6. The van der Waals surface area contributed by atoms with E-state index in [4.69, 9.17) is 21.3 Å². The number of halogens is 2. The third kappa shape index (κ3) is 7.11. The molecule has 5 rings (SSSR count). The van der Waals surface area contributed by atoms with Gasteiger partial charge >= 0.3 is 5.97 Å². The highest BCUT2D eigenvalue weighted by Gasteiger charge is 2.36. The van der Waals surface area contributed by atoms with Gasteiger partial charge in [-0.15, -0.1) is 0 Å². The minimum atomic E-state index is -1.15. The molecule has 0 aliphatic carbocycles. The fourth-order valence-corrected chi connectivity index (χ4v) is 6.71. The van der Waals surface area contributed by atoms with Gasteiger partial charge in [0.15, 0.2) is 6.10 Å². The molecule has 44 heavy (non-hydrogen) atoms. The SMILES string of the molecule is Cc1nc(C)c([C@H](OC(C)(C)C)C(=O)O)c(N2CCC(C)(C)CC2)c1-c1ccc2c(c1)CCN(Cc1ccc(Cl)cc1F)C2. The summed E-state index contributed by atoms with van der Waals surface area (Å²) in [6, 6.07) is 11.4. The molecular formula is C36H45ClFN3O3. The summed E-state index contributed by atoms with van der Waals surface area (Å²) in [4.78, 5) is 22.3. The summed E-state index contributed by atoms with van der Waals surface area (Å²) < 4.78 is 20.7. The number of piperidine rings is 1. The van der Waals surface area contributed by atoms with E-state index in [2.05, 4.69) is 41.8 Å². The van der Waals surface area contributed by atoms with Gasteiger partial charge < -0.3 is 14.7 Å². The highest BCUT2D eigenvalue weighted by Crippen LogP contribution is 2.45. The first-order valence-electron chi connectivity index (χ1n) is 15.6. The number of hydrogen-bond donors (Lipinski definition) is 1. The first kappa shape index (κ1) is 32.4. The Labute approximate surface area is 266 Å². The number of carboxylic acid groups (broad SMARTS) is 1. The molecule has 0 spiro atoms. The van der Waals surface area contributed by atoms with Gasteiger partial charge in [-0.3, -0.25) is 9.88 Å². The van der Waals surface area contributed by atoms with Crippen LogP contribution in [0.15, 0.2) is 36.4 Å². The lowest BCUT2D eigenvalue weighted by molar-refractivity contribution is -0.160. The molecule has 0 saturated carbocycles. The molecular weight excluding hydrogens is 577 g/mol. The monoisotopic (exact) mass is 621 g/mol. The van der Waals surface area contributed by atoms with Gasteiger partial charge in [0.05, 0.1) is 11.3 Å². The summed E-state index contributed by atoms with van der Waals surface area (Å²) in [5.74, 6) is -1.29. The largest absolute Gasteiger partial charge is 0.479 e. The van der Waals surface area contributed by atoms with E-state index in [0.29, 0.717) is 28.4 Å². The Morgan fingerprint density at radius 3 is 2.41 bits per heavy atom. The number of carbonyl (C=O) groups is 1. The number of aromatic nitrogens is 1. The van der Waals surface area contributed by atoms with Crippen LogP contribution in [-0.4, -0.2) is 46.2 Å². The van der Waals surface area contributed by atoms with Gasteiger partial charge in [-0.1, -0.05) is 49.7 Å². The quantitative estimate of drug-likeness (QED) is 0.286. The Balaban J connectivity index is 1.56. The van der Waals surface area contributed by atoms with Crippen molar-refractivity contribution >= 4 is 23.3 Å². The van der Waals surface area contributed by atoms with Crippen LogP contribution in [0, 0.1) is 25.1 Å². The van der Waals surface area contributed by atoms with E-state index in [0.717, 1.165) is 67.9 Å². The maximum absolute atomic E-state index is 14.5. The molecule has 2 aliphatic heterocycles. The molecule has 6 nitrogen and oxygen atoms in total. The summed E-state index contributed by atoms with van der Waals surface area (Å²) in [6.07, 6.45) is 1.71. The van der Waals surface area contributed by atoms with Crippen LogP contribution in [0.3, 0.4) is 0 Å². The predicted molar refractivity (Wildman–Crippen MR) is 175 cm³/mol. The van der Waals surface area contributed by atoms with Crippen molar-refractivity contribution in [2.45, 2.75) is 92.5 Å². The topological polar surface area (TPSA) is 65.9 Å². The maximum atomic E-state index is 14.5. The number of aliphatic carboxylic acids is 1. The van der Waals surface area contributed by atoms with Gasteiger partial charge in [0.25, 0.3) is 0 Å². The van der Waals surface area contributed by atoms with Crippen molar-refractivity contribution in [3.05, 3.63) is 80.9 Å². The second kappa shape index (κ2) is 12.4. The van der Waals surface area contributed by atoms with Crippen molar-refractivity contribution in [1.82, 2.24) is 9.88 Å². The van der Waals surface area contributed by atoms with Gasteiger partial charge in [0, 0.05) is 65.8 Å². The number of rotatable bonds is 7. The van der Waals surface area contributed by atoms with Crippen molar-refractivity contribution in [3.8, 4) is 11.1 Å². The number of benzene rings is 2. The molecule has 1 fully saturated rings. The smallest absolute Gasteiger partial charge is 0.337 e. The van der Waals surface area contributed by atoms with Crippen molar-refractivity contribution in [3.63, 3.8) is 0 Å². The normalized spacial score (nSPS) is 17.8. The Morgan fingerprint density at radius 1 is 1.07 bits per heavy atom. The van der Waals surface area contributed by atoms with Crippen molar-refractivity contribution in [2.24, 2.45) is 5.41 Å². The fourth-order valence-electron chi connectivity index (χ4n) is 6.55. The number of carboxylic acids is 1. The van der Waals surface area contributed by atoms with E-state index in [1.807, 2.05) is 34.6 Å². The average Bonchev–Trinajstić information content (AvgIpc) is 2.92. The molecule has 1 saturated heterocycles. The second-order valence-electron chi connectivity index (χ2n) is 14.2. The maximum Gasteiger partial charge on any atom is 0.337 e. The predicted octanol–water partition coefficient (Wildman–Crippen LogP) is 8.28. The van der Waals surface area contributed by atoms with Gasteiger partial charge in [-0.25, -0.2) is 9.18 Å². The Hall–Kier alpha value is -3.00. The van der Waals surface area contributed by atoms with Crippen molar-refractivity contribution in [2.75, 3.05) is 24.5 Å². The average molecular weight is 622 g/mol. The van der Waals surface area contributed by atoms with Gasteiger partial charge in [-0.2, -0.15) is 0 Å². The molecule has 1 N–H and O–H groups in total. The molecule has 1 aromatic heterocycles. The minimum Gasteiger partial charge on any atom is -0.479 e. The third-order valence-corrected chi connectivity index (χ3v) is 9.20. The van der Waals surface area contributed by atoms with E-state index < -0.39 is 17.7 Å². The van der Waals surface area contributed by atoms with E-state index in [1.165, 1.54) is 17.2 Å². The lowest BCUT2D eigenvalue weighted by atomic mass is 9.81. The summed E-state index contributed by atoms with van der Waals surface area (Å²) in [6.45, 7) is 17.9. The highest BCUT2D eigenvalue weighted by atomic mass is 35.5. The van der Waals surface area contributed by atoms with Crippen LogP contribution < -0.4 is 4.90 Å². The lowest BCUT2D eigenvalue weighted by Crippen LogP contribution is -2.39. The van der Waals surface area contributed by atoms with Crippen LogP contribution in [0.5, 0.6) is 0 Å². The third-order valence-electron chi connectivity index (χ3n) is 8.97. The molecule has 0 radical (unpaired) electrons. The number of fused-ring (bicyclic) bond motifs is 1. The van der Waals surface area contributed by atoms with E-state index in [9.17, 15) is 14.3 Å². The molecule has 0 amide bonds. The van der Waals surface area contributed by atoms with Gasteiger partial charge in [0.2, 0.25) is 0 Å². The molecule has 3 heterocycles. The Bertz CT molecular complexity index is 1560. The van der Waals surface area contributed by atoms with Crippen LogP contribution >= 0.6 is 11.6 Å². The standard InChI is InChI=1S/C36H45ClFN3O3/c1-22-30(25-8-9-26-20-40(15-12-24(26)18-25)21-27-10-11-28(37)19-29(27)38)32(41-16-13-36(6,7)14-17-41)31(23(2)39-22)33(34(42)43)44-35(3,4)5/h8-11,18-19,33H,12-17,20-21H2,1-7H3,(H,42,43)/t33-/m0/s1. The van der Waals surface area contributed by atoms with Crippen molar-refractivity contribution in [1.29, 1.82) is 0 Å². The Morgan fingerprint density at radius 2 is 1.77 bits per heavy atom. The first-order chi connectivity index (χ1) is 20.6. The number of hydrogen-bond acceptors (Lipinski definition) is 5. The van der Waals surface area contributed by atoms with Crippen LogP contribution in [0.1, 0.15) is 87.2 Å². The number of pyridine rings is 1. The zero-order chi connectivity index (χ0) is 32.0. The molecule has 236 valence electrons. The lowest BCUT2D eigenvalue weighted by Gasteiger charge is -2.41. The molecule has 0 unspecified atom stereocenters. The summed E-state index contributed by atoms with van der Waals surface area (Å²) in [5.41, 5.74) is 7.82.